The van der Waals surface area contributed by atoms with Crippen molar-refractivity contribution < 1.29 is 9.53 Å². The fraction of sp³-hybridized carbons (Fsp3) is 0.364. The quantitative estimate of drug-likeness (QED) is 0.614. The zero-order valence-corrected chi connectivity index (χ0v) is 7.62. The molecule has 0 saturated carbocycles. The second-order valence-corrected chi connectivity index (χ2v) is 3.43. The van der Waals surface area contributed by atoms with Crippen LogP contribution in [0.1, 0.15) is 30.1 Å². The topological polar surface area (TPSA) is 26.3 Å². The highest BCUT2D eigenvalue weighted by molar-refractivity contribution is 5.71. The summed E-state index contributed by atoms with van der Waals surface area (Å²) in [4.78, 5) is 10.9. The van der Waals surface area contributed by atoms with Crippen LogP contribution >= 0.6 is 0 Å². The second kappa shape index (κ2) is 3.21. The van der Waals surface area contributed by atoms with E-state index < -0.39 is 0 Å². The fourth-order valence-corrected chi connectivity index (χ4v) is 1.63. The van der Waals surface area contributed by atoms with Crippen LogP contribution in [0.15, 0.2) is 24.3 Å². The van der Waals surface area contributed by atoms with E-state index in [1.165, 1.54) is 5.56 Å². The lowest BCUT2D eigenvalue weighted by molar-refractivity contribution is -0.141. The number of rotatable bonds is 1. The third-order valence-corrected chi connectivity index (χ3v) is 2.30. The molecule has 0 bridgehead atoms. The van der Waals surface area contributed by atoms with Crippen LogP contribution in [0.5, 0.6) is 0 Å². The van der Waals surface area contributed by atoms with Crippen LogP contribution in [0.3, 0.4) is 0 Å². The molecule has 1 aromatic carbocycles. The summed E-state index contributed by atoms with van der Waals surface area (Å²) in [5.41, 5.74) is 2.33. The van der Waals surface area contributed by atoms with Gasteiger partial charge in [-0.3, -0.25) is 4.79 Å². The molecule has 0 radical (unpaired) electrons. The van der Waals surface area contributed by atoms with Gasteiger partial charge in [0.25, 0.3) is 0 Å². The average molecular weight is 176 g/mol. The minimum Gasteiger partial charge on any atom is -0.457 e. The lowest BCUT2D eigenvalue weighted by Gasteiger charge is -2.09. The minimum atomic E-state index is -0.0773. The average Bonchev–Trinajstić information content (AvgIpc) is 2.52. The number of hydrogen-bond donors (Lipinski definition) is 0. The summed E-state index contributed by atoms with van der Waals surface area (Å²) >= 11 is 0. The summed E-state index contributed by atoms with van der Waals surface area (Å²) in [5.74, 6) is -0.0773. The lowest BCUT2D eigenvalue weighted by Crippen LogP contribution is -1.98. The number of aryl methyl sites for hydroxylation is 1. The van der Waals surface area contributed by atoms with E-state index in [0.717, 1.165) is 12.0 Å². The van der Waals surface area contributed by atoms with Gasteiger partial charge < -0.3 is 4.74 Å². The first-order chi connectivity index (χ1) is 6.25. The van der Waals surface area contributed by atoms with E-state index in [4.69, 9.17) is 4.74 Å². The van der Waals surface area contributed by atoms with Gasteiger partial charge in [0.05, 0.1) is 0 Å². The van der Waals surface area contributed by atoms with Gasteiger partial charge in [-0.25, -0.2) is 0 Å². The number of ether oxygens (including phenoxy) is 1. The van der Waals surface area contributed by atoms with E-state index in [1.54, 1.807) is 0 Å². The van der Waals surface area contributed by atoms with E-state index in [-0.39, 0.29) is 12.1 Å². The predicted molar refractivity (Wildman–Crippen MR) is 49.2 cm³/mol. The van der Waals surface area contributed by atoms with Gasteiger partial charge >= 0.3 is 5.97 Å². The first-order valence-corrected chi connectivity index (χ1v) is 4.52. The number of esters is 1. The Labute approximate surface area is 77.5 Å². The Morgan fingerprint density at radius 3 is 2.92 bits per heavy atom. The molecule has 0 spiro atoms. The van der Waals surface area contributed by atoms with Gasteiger partial charge in [0, 0.05) is 6.42 Å². The molecule has 1 heterocycles. The smallest absolute Gasteiger partial charge is 0.306 e. The first-order valence-electron chi connectivity index (χ1n) is 4.52. The van der Waals surface area contributed by atoms with Crippen molar-refractivity contribution in [3.05, 3.63) is 35.4 Å². The zero-order chi connectivity index (χ0) is 9.26. The molecule has 1 unspecified atom stereocenters. The van der Waals surface area contributed by atoms with Crippen molar-refractivity contribution in [3.63, 3.8) is 0 Å². The molecular weight excluding hydrogens is 164 g/mol. The number of benzene rings is 1. The van der Waals surface area contributed by atoms with E-state index in [9.17, 15) is 4.79 Å². The van der Waals surface area contributed by atoms with Crippen LogP contribution in [-0.2, 0) is 9.53 Å². The van der Waals surface area contributed by atoms with Crippen LogP contribution in [0.25, 0.3) is 0 Å². The lowest BCUT2D eigenvalue weighted by atomic mass is 10.0. The van der Waals surface area contributed by atoms with Crippen LogP contribution in [0.4, 0.5) is 0 Å². The van der Waals surface area contributed by atoms with Gasteiger partial charge in [-0.1, -0.05) is 29.8 Å². The molecule has 2 heteroatoms. The molecule has 0 aliphatic carbocycles. The normalized spacial score (nSPS) is 21.6. The maximum atomic E-state index is 10.9. The van der Waals surface area contributed by atoms with E-state index in [0.29, 0.717) is 6.42 Å². The maximum Gasteiger partial charge on any atom is 0.306 e. The zero-order valence-electron chi connectivity index (χ0n) is 7.62. The van der Waals surface area contributed by atoms with Gasteiger partial charge in [-0.2, -0.15) is 0 Å². The molecule has 2 nitrogen and oxygen atoms in total. The first kappa shape index (κ1) is 8.30. The molecule has 1 aromatic rings. The Morgan fingerprint density at radius 2 is 2.31 bits per heavy atom. The third-order valence-electron chi connectivity index (χ3n) is 2.30. The van der Waals surface area contributed by atoms with E-state index in [2.05, 4.69) is 6.07 Å². The predicted octanol–water partition coefficient (Wildman–Crippen LogP) is 2.37. The molecule has 0 amide bonds. The summed E-state index contributed by atoms with van der Waals surface area (Å²) in [6, 6.07) is 8.12. The Balaban J connectivity index is 2.21. The monoisotopic (exact) mass is 176 g/mol. The van der Waals surface area contributed by atoms with Crippen molar-refractivity contribution >= 4 is 5.97 Å². The molecule has 1 aliphatic rings. The van der Waals surface area contributed by atoms with Gasteiger partial charge in [-0.15, -0.1) is 0 Å². The molecule has 1 saturated heterocycles. The van der Waals surface area contributed by atoms with Gasteiger partial charge in [0.2, 0.25) is 0 Å². The standard InChI is InChI=1S/C11H12O2/c1-8-3-2-4-9(7-8)10-5-6-11(12)13-10/h2-4,7,10H,5-6H2,1H3. The Hall–Kier alpha value is -1.31. The molecular formula is C11H12O2. The van der Waals surface area contributed by atoms with Crippen LogP contribution in [0, 0.1) is 6.92 Å². The molecule has 13 heavy (non-hydrogen) atoms. The van der Waals surface area contributed by atoms with Gasteiger partial charge in [-0.05, 0) is 18.9 Å². The number of carbonyl (C=O) groups is 1. The molecule has 68 valence electrons. The fourth-order valence-electron chi connectivity index (χ4n) is 1.63. The maximum absolute atomic E-state index is 10.9. The van der Waals surface area contributed by atoms with Crippen LogP contribution in [-0.4, -0.2) is 5.97 Å². The number of carbonyl (C=O) groups excluding carboxylic acids is 1. The van der Waals surface area contributed by atoms with Crippen LogP contribution < -0.4 is 0 Å². The number of cyclic esters (lactones) is 1. The van der Waals surface area contributed by atoms with Crippen molar-refractivity contribution in [1.29, 1.82) is 0 Å². The molecule has 1 atom stereocenters. The van der Waals surface area contributed by atoms with Crippen LogP contribution in [0.2, 0.25) is 0 Å². The van der Waals surface area contributed by atoms with E-state index >= 15 is 0 Å². The summed E-state index contributed by atoms with van der Waals surface area (Å²) in [5, 5.41) is 0. The van der Waals surface area contributed by atoms with E-state index in [1.807, 2.05) is 25.1 Å². The summed E-state index contributed by atoms with van der Waals surface area (Å²) in [6.07, 6.45) is 1.37. The summed E-state index contributed by atoms with van der Waals surface area (Å²) in [7, 11) is 0. The second-order valence-electron chi connectivity index (χ2n) is 3.43. The molecule has 1 fully saturated rings. The largest absolute Gasteiger partial charge is 0.457 e. The number of hydrogen-bond acceptors (Lipinski definition) is 2. The van der Waals surface area contributed by atoms with Crippen molar-refractivity contribution in [2.24, 2.45) is 0 Å². The third kappa shape index (κ3) is 1.72. The SMILES string of the molecule is Cc1cccc(C2CCC(=O)O2)c1. The van der Waals surface area contributed by atoms with Gasteiger partial charge in [0.1, 0.15) is 6.10 Å². The molecule has 0 N–H and O–H groups in total. The summed E-state index contributed by atoms with van der Waals surface area (Å²) in [6.45, 7) is 2.04. The molecule has 2 rings (SSSR count). The highest BCUT2D eigenvalue weighted by atomic mass is 16.5. The van der Waals surface area contributed by atoms with Crippen molar-refractivity contribution in [1.82, 2.24) is 0 Å². The van der Waals surface area contributed by atoms with Crippen molar-refractivity contribution in [3.8, 4) is 0 Å². The van der Waals surface area contributed by atoms with Crippen molar-refractivity contribution in [2.45, 2.75) is 25.9 Å². The minimum absolute atomic E-state index is 0.00704. The highest BCUT2D eigenvalue weighted by Crippen LogP contribution is 2.29. The summed E-state index contributed by atoms with van der Waals surface area (Å²) < 4.78 is 5.16. The highest BCUT2D eigenvalue weighted by Gasteiger charge is 2.24. The Morgan fingerprint density at radius 1 is 1.46 bits per heavy atom. The molecule has 0 aromatic heterocycles. The van der Waals surface area contributed by atoms with Crippen molar-refractivity contribution in [2.75, 3.05) is 0 Å². The Bertz CT molecular complexity index is 331. The molecule has 1 aliphatic heterocycles. The Kier molecular flexibility index (Phi) is 2.05. The van der Waals surface area contributed by atoms with Gasteiger partial charge in [0.15, 0.2) is 0 Å².